The van der Waals surface area contributed by atoms with E-state index in [2.05, 4.69) is 13.2 Å². The second kappa shape index (κ2) is 7.11. The van der Waals surface area contributed by atoms with Crippen LogP contribution in [0.5, 0.6) is 0 Å². The van der Waals surface area contributed by atoms with Gasteiger partial charge in [0.2, 0.25) is 0 Å². The zero-order chi connectivity index (χ0) is 9.40. The molecule has 0 heterocycles. The lowest BCUT2D eigenvalue weighted by Crippen LogP contribution is -2.15. The van der Waals surface area contributed by atoms with Crippen molar-refractivity contribution >= 4 is 0 Å². The summed E-state index contributed by atoms with van der Waals surface area (Å²) in [6.07, 6.45) is 8.06. The van der Waals surface area contributed by atoms with Gasteiger partial charge in [-0.1, -0.05) is 12.2 Å². The number of allylic oxidation sites excluding steroid dienone is 2. The number of rotatable bonds is 7. The minimum absolute atomic E-state index is 0.301. The molecule has 0 fully saturated rings. The van der Waals surface area contributed by atoms with Gasteiger partial charge in [-0.25, -0.2) is 0 Å². The molecule has 0 aromatic heterocycles. The molecule has 0 aliphatic heterocycles. The Bertz CT molecular complexity index is 117. The van der Waals surface area contributed by atoms with Gasteiger partial charge in [-0.2, -0.15) is 0 Å². The van der Waals surface area contributed by atoms with Crippen molar-refractivity contribution in [2.75, 3.05) is 0 Å². The minimum Gasteiger partial charge on any atom is -0.328 e. The van der Waals surface area contributed by atoms with Crippen LogP contribution in [0.3, 0.4) is 0 Å². The summed E-state index contributed by atoms with van der Waals surface area (Å²) in [6.45, 7) is 9.49. The molecule has 0 spiro atoms. The molecule has 1 radical (unpaired) electrons. The van der Waals surface area contributed by atoms with Crippen LogP contribution in [0.4, 0.5) is 0 Å². The minimum atomic E-state index is 0.301. The fourth-order valence-corrected chi connectivity index (χ4v) is 1.13. The highest BCUT2D eigenvalue weighted by atomic mass is 14.6. The normalized spacial score (nSPS) is 12.9. The third-order valence-corrected chi connectivity index (χ3v) is 1.82. The van der Waals surface area contributed by atoms with Crippen molar-refractivity contribution in [3.05, 3.63) is 31.2 Å². The Balaban J connectivity index is 3.61. The molecule has 0 aromatic carbocycles. The third-order valence-electron chi connectivity index (χ3n) is 1.82. The Morgan fingerprint density at radius 3 is 2.17 bits per heavy atom. The molecule has 1 atom stereocenters. The van der Waals surface area contributed by atoms with E-state index in [1.807, 2.05) is 19.1 Å². The third kappa shape index (κ3) is 6.17. The maximum atomic E-state index is 5.67. The van der Waals surface area contributed by atoms with E-state index in [1.54, 1.807) is 0 Å². The van der Waals surface area contributed by atoms with Crippen LogP contribution in [0, 0.1) is 5.92 Å². The van der Waals surface area contributed by atoms with Crippen molar-refractivity contribution in [3.8, 4) is 0 Å². The van der Waals surface area contributed by atoms with Crippen molar-refractivity contribution in [2.24, 2.45) is 5.73 Å². The lowest BCUT2D eigenvalue weighted by molar-refractivity contribution is 0.611. The average Bonchev–Trinajstić information content (AvgIpc) is 2.01. The highest BCUT2D eigenvalue weighted by molar-refractivity contribution is 5.00. The van der Waals surface area contributed by atoms with E-state index in [1.165, 1.54) is 5.92 Å². The van der Waals surface area contributed by atoms with E-state index >= 15 is 0 Å². The maximum Gasteiger partial charge on any atom is 0.00106 e. The van der Waals surface area contributed by atoms with Crippen LogP contribution >= 0.6 is 0 Å². The SMILES string of the molecule is C=CC[C](CC=C)CCC(C)N. The number of hydrogen-bond donors (Lipinski definition) is 1. The summed E-state index contributed by atoms with van der Waals surface area (Å²) in [7, 11) is 0. The molecule has 0 aliphatic carbocycles. The first-order valence-electron chi connectivity index (χ1n) is 4.51. The maximum absolute atomic E-state index is 5.67. The first kappa shape index (κ1) is 11.4. The van der Waals surface area contributed by atoms with Crippen LogP contribution in [0.2, 0.25) is 0 Å². The Morgan fingerprint density at radius 1 is 1.33 bits per heavy atom. The molecule has 0 bridgehead atoms. The van der Waals surface area contributed by atoms with E-state index in [0.717, 1.165) is 25.7 Å². The molecule has 1 unspecified atom stereocenters. The molecule has 2 N–H and O–H groups in total. The molecule has 12 heavy (non-hydrogen) atoms. The molecule has 0 aromatic rings. The molecular formula is C11H20N. The monoisotopic (exact) mass is 166 g/mol. The van der Waals surface area contributed by atoms with Gasteiger partial charge >= 0.3 is 0 Å². The fraction of sp³-hybridized carbons (Fsp3) is 0.545. The molecule has 69 valence electrons. The van der Waals surface area contributed by atoms with Gasteiger partial charge in [0, 0.05) is 6.04 Å². The number of hydrogen-bond acceptors (Lipinski definition) is 1. The van der Waals surface area contributed by atoms with Crippen molar-refractivity contribution in [3.63, 3.8) is 0 Å². The standard InChI is InChI=1S/C11H20N/c1-4-6-11(7-5-2)9-8-10(3)12/h4-5,10H,1-2,6-9,12H2,3H3. The lowest BCUT2D eigenvalue weighted by Gasteiger charge is -2.13. The summed E-state index contributed by atoms with van der Waals surface area (Å²) in [5.74, 6) is 1.48. The number of nitrogens with two attached hydrogens (primary N) is 1. The Morgan fingerprint density at radius 2 is 1.83 bits per heavy atom. The van der Waals surface area contributed by atoms with E-state index < -0.39 is 0 Å². The van der Waals surface area contributed by atoms with Gasteiger partial charge < -0.3 is 5.73 Å². The molecule has 0 amide bonds. The largest absolute Gasteiger partial charge is 0.328 e. The summed E-state index contributed by atoms with van der Waals surface area (Å²) in [5.41, 5.74) is 5.67. The second-order valence-electron chi connectivity index (χ2n) is 3.25. The molecule has 1 heteroatoms. The van der Waals surface area contributed by atoms with Crippen LogP contribution in [-0.4, -0.2) is 6.04 Å². The van der Waals surface area contributed by atoms with E-state index in [0.29, 0.717) is 6.04 Å². The predicted molar refractivity (Wildman–Crippen MR) is 55.8 cm³/mol. The van der Waals surface area contributed by atoms with Gasteiger partial charge in [0.25, 0.3) is 0 Å². The van der Waals surface area contributed by atoms with Crippen molar-refractivity contribution < 1.29 is 0 Å². The Labute approximate surface area is 76.3 Å². The second-order valence-corrected chi connectivity index (χ2v) is 3.25. The molecule has 0 saturated heterocycles. The predicted octanol–water partition coefficient (Wildman–Crippen LogP) is 2.84. The van der Waals surface area contributed by atoms with Crippen LogP contribution in [-0.2, 0) is 0 Å². The van der Waals surface area contributed by atoms with Crippen LogP contribution in [0.25, 0.3) is 0 Å². The van der Waals surface area contributed by atoms with Crippen LogP contribution in [0.15, 0.2) is 25.3 Å². The first-order valence-corrected chi connectivity index (χ1v) is 4.51. The summed E-state index contributed by atoms with van der Waals surface area (Å²) < 4.78 is 0. The van der Waals surface area contributed by atoms with Gasteiger partial charge in [0.05, 0.1) is 0 Å². The van der Waals surface area contributed by atoms with E-state index in [4.69, 9.17) is 5.73 Å². The Hall–Kier alpha value is -0.560. The summed E-state index contributed by atoms with van der Waals surface area (Å²) in [4.78, 5) is 0. The molecular weight excluding hydrogens is 146 g/mol. The van der Waals surface area contributed by atoms with Gasteiger partial charge in [0.15, 0.2) is 0 Å². The topological polar surface area (TPSA) is 26.0 Å². The average molecular weight is 166 g/mol. The fourth-order valence-electron chi connectivity index (χ4n) is 1.13. The van der Waals surface area contributed by atoms with Crippen molar-refractivity contribution in [1.82, 2.24) is 0 Å². The van der Waals surface area contributed by atoms with Crippen LogP contribution < -0.4 is 5.73 Å². The summed E-state index contributed by atoms with van der Waals surface area (Å²) in [5, 5.41) is 0. The molecule has 1 nitrogen and oxygen atoms in total. The smallest absolute Gasteiger partial charge is 0.00106 e. The molecule has 0 saturated carbocycles. The summed E-state index contributed by atoms with van der Waals surface area (Å²) >= 11 is 0. The van der Waals surface area contributed by atoms with Gasteiger partial charge in [-0.05, 0) is 38.5 Å². The first-order chi connectivity index (χ1) is 5.70. The van der Waals surface area contributed by atoms with E-state index in [9.17, 15) is 0 Å². The van der Waals surface area contributed by atoms with Gasteiger partial charge in [-0.15, -0.1) is 13.2 Å². The zero-order valence-electron chi connectivity index (χ0n) is 8.05. The van der Waals surface area contributed by atoms with Crippen LogP contribution in [0.1, 0.15) is 32.6 Å². The highest BCUT2D eigenvalue weighted by Gasteiger charge is 2.06. The van der Waals surface area contributed by atoms with E-state index in [-0.39, 0.29) is 0 Å². The zero-order valence-corrected chi connectivity index (χ0v) is 8.05. The lowest BCUT2D eigenvalue weighted by atomic mass is 9.94. The van der Waals surface area contributed by atoms with Crippen molar-refractivity contribution in [2.45, 2.75) is 38.6 Å². The van der Waals surface area contributed by atoms with Gasteiger partial charge in [-0.3, -0.25) is 0 Å². The molecule has 0 rings (SSSR count). The quantitative estimate of drug-likeness (QED) is 0.578. The van der Waals surface area contributed by atoms with Gasteiger partial charge in [0.1, 0.15) is 0 Å². The van der Waals surface area contributed by atoms with Crippen molar-refractivity contribution in [1.29, 1.82) is 0 Å². The summed E-state index contributed by atoms with van der Waals surface area (Å²) in [6, 6.07) is 0.301. The highest BCUT2D eigenvalue weighted by Crippen LogP contribution is 2.19. The Kier molecular flexibility index (Phi) is 6.78. The molecule has 0 aliphatic rings.